The van der Waals surface area contributed by atoms with E-state index in [-0.39, 0.29) is 5.82 Å². The van der Waals surface area contributed by atoms with Gasteiger partial charge in [-0.25, -0.2) is 14.4 Å². The summed E-state index contributed by atoms with van der Waals surface area (Å²) in [7, 11) is 2.02. The number of thiazole rings is 1. The zero-order chi connectivity index (χ0) is 25.1. The first-order valence-electron chi connectivity index (χ1n) is 12.3. The molecule has 1 aromatic carbocycles. The fourth-order valence-electron chi connectivity index (χ4n) is 4.54. The van der Waals surface area contributed by atoms with Gasteiger partial charge in [0.1, 0.15) is 11.3 Å². The van der Waals surface area contributed by atoms with Gasteiger partial charge in [-0.05, 0) is 42.8 Å². The van der Waals surface area contributed by atoms with Crippen molar-refractivity contribution in [2.45, 2.75) is 38.6 Å². The quantitative estimate of drug-likeness (QED) is 0.448. The number of ether oxygens (including phenoxy) is 2. The lowest BCUT2D eigenvalue weighted by Gasteiger charge is -2.38. The number of anilines is 2. The van der Waals surface area contributed by atoms with Crippen LogP contribution in [0.4, 0.5) is 15.2 Å². The minimum absolute atomic E-state index is 0.250. The van der Waals surface area contributed by atoms with Gasteiger partial charge in [0.2, 0.25) is 0 Å². The molecule has 0 amide bonds. The van der Waals surface area contributed by atoms with E-state index >= 15 is 0 Å². The first kappa shape index (κ1) is 24.7. The van der Waals surface area contributed by atoms with Crippen LogP contribution in [-0.2, 0) is 16.1 Å². The van der Waals surface area contributed by atoms with E-state index in [1.807, 2.05) is 12.4 Å². The Kier molecular flexibility index (Phi) is 7.22. The molecule has 4 heterocycles. The second-order valence-electron chi connectivity index (χ2n) is 9.20. The van der Waals surface area contributed by atoms with Crippen LogP contribution >= 0.6 is 11.3 Å². The molecule has 3 aromatic rings. The molecular formula is C27H32FN5O2S. The molecule has 5 rings (SSSR count). The Morgan fingerprint density at radius 2 is 1.89 bits per heavy atom. The Morgan fingerprint density at radius 1 is 1.17 bits per heavy atom. The molecule has 0 N–H and O–H groups in total. The summed E-state index contributed by atoms with van der Waals surface area (Å²) < 4.78 is 27.2. The lowest BCUT2D eigenvalue weighted by Crippen LogP contribution is -2.45. The van der Waals surface area contributed by atoms with Crippen LogP contribution in [0.25, 0.3) is 11.3 Å². The van der Waals surface area contributed by atoms with Crippen molar-refractivity contribution in [3.05, 3.63) is 71.6 Å². The Morgan fingerprint density at radius 3 is 2.58 bits per heavy atom. The van der Waals surface area contributed by atoms with Crippen LogP contribution in [-0.4, -0.2) is 48.7 Å². The van der Waals surface area contributed by atoms with Crippen LogP contribution in [0, 0.1) is 5.82 Å². The van der Waals surface area contributed by atoms with Gasteiger partial charge in [0.15, 0.2) is 10.9 Å². The van der Waals surface area contributed by atoms with E-state index in [9.17, 15) is 4.39 Å². The van der Waals surface area contributed by atoms with Crippen molar-refractivity contribution in [2.24, 2.45) is 4.99 Å². The standard InChI is InChI=1S/C27H32FN5O2S/c1-4-20(2)29-25-10-9-23(32-13-11-27(12-14-32)34-15-16-35-27)17-33(25)19-31(3)26-30-24(18-36-26)21-5-7-22(28)8-6-21/h5-10,17-18H,2,4,11-16,19H2,1,3H3. The minimum atomic E-state index is -0.395. The van der Waals surface area contributed by atoms with Crippen LogP contribution in [0.3, 0.4) is 0 Å². The lowest BCUT2D eigenvalue weighted by atomic mass is 10.0. The van der Waals surface area contributed by atoms with Gasteiger partial charge in [0, 0.05) is 55.8 Å². The van der Waals surface area contributed by atoms with Crippen molar-refractivity contribution >= 4 is 22.2 Å². The number of pyridine rings is 1. The number of piperidine rings is 1. The van der Waals surface area contributed by atoms with Crippen molar-refractivity contribution in [2.75, 3.05) is 43.2 Å². The van der Waals surface area contributed by atoms with Crippen molar-refractivity contribution in [3.63, 3.8) is 0 Å². The van der Waals surface area contributed by atoms with E-state index in [1.165, 1.54) is 12.1 Å². The summed E-state index contributed by atoms with van der Waals surface area (Å²) in [6.07, 6.45) is 4.66. The molecule has 190 valence electrons. The van der Waals surface area contributed by atoms with Gasteiger partial charge in [-0.3, -0.25) is 0 Å². The highest BCUT2D eigenvalue weighted by Gasteiger charge is 2.39. The van der Waals surface area contributed by atoms with Gasteiger partial charge in [-0.2, -0.15) is 0 Å². The number of hydrogen-bond acceptors (Lipinski definition) is 7. The summed E-state index contributed by atoms with van der Waals surface area (Å²) in [5.41, 5.74) is 4.56. The van der Waals surface area contributed by atoms with Crippen LogP contribution < -0.4 is 15.3 Å². The third-order valence-corrected chi connectivity index (χ3v) is 7.65. The SMILES string of the molecule is C=C(CC)N=c1ccc(N2CCC3(CC2)OCCO3)cn1CN(C)c1nc(-c2ccc(F)cc2)cs1. The fraction of sp³-hybridized carbons (Fsp3) is 0.407. The Bertz CT molecular complexity index is 1270. The zero-order valence-corrected chi connectivity index (χ0v) is 21.6. The molecule has 2 aromatic heterocycles. The van der Waals surface area contributed by atoms with Gasteiger partial charge in [0.05, 0.1) is 31.3 Å². The highest BCUT2D eigenvalue weighted by molar-refractivity contribution is 7.14. The lowest BCUT2D eigenvalue weighted by molar-refractivity contribution is -0.169. The zero-order valence-electron chi connectivity index (χ0n) is 20.8. The Labute approximate surface area is 215 Å². The molecule has 9 heteroatoms. The fourth-order valence-corrected chi connectivity index (χ4v) is 5.34. The van der Waals surface area contributed by atoms with Crippen LogP contribution in [0.2, 0.25) is 0 Å². The monoisotopic (exact) mass is 509 g/mol. The molecule has 2 saturated heterocycles. The summed E-state index contributed by atoms with van der Waals surface area (Å²) in [4.78, 5) is 14.0. The topological polar surface area (TPSA) is 55.1 Å². The van der Waals surface area contributed by atoms with Crippen molar-refractivity contribution in [3.8, 4) is 11.3 Å². The van der Waals surface area contributed by atoms with Crippen LogP contribution in [0.1, 0.15) is 26.2 Å². The molecule has 0 bridgehead atoms. The minimum Gasteiger partial charge on any atom is -0.370 e. The van der Waals surface area contributed by atoms with Gasteiger partial charge < -0.3 is 23.8 Å². The van der Waals surface area contributed by atoms with Crippen molar-refractivity contribution in [1.29, 1.82) is 0 Å². The Hall–Kier alpha value is -3.01. The highest BCUT2D eigenvalue weighted by Crippen LogP contribution is 2.33. The maximum Gasteiger partial charge on any atom is 0.187 e. The molecule has 36 heavy (non-hydrogen) atoms. The first-order valence-corrected chi connectivity index (χ1v) is 13.2. The maximum atomic E-state index is 13.3. The highest BCUT2D eigenvalue weighted by atomic mass is 32.1. The van der Waals surface area contributed by atoms with Crippen molar-refractivity contribution in [1.82, 2.24) is 9.55 Å². The van der Waals surface area contributed by atoms with Crippen molar-refractivity contribution < 1.29 is 13.9 Å². The van der Waals surface area contributed by atoms with E-state index in [4.69, 9.17) is 19.5 Å². The van der Waals surface area contributed by atoms with Crippen LogP contribution in [0.15, 0.2) is 65.2 Å². The molecule has 0 unspecified atom stereocenters. The number of nitrogens with zero attached hydrogens (tertiary/aromatic N) is 5. The van der Waals surface area contributed by atoms with Gasteiger partial charge in [-0.1, -0.05) is 13.5 Å². The number of benzene rings is 1. The maximum absolute atomic E-state index is 13.3. The van der Waals surface area contributed by atoms with Gasteiger partial charge >= 0.3 is 0 Å². The number of allylic oxidation sites excluding steroid dienone is 1. The summed E-state index contributed by atoms with van der Waals surface area (Å²) in [6.45, 7) is 9.82. The van der Waals surface area contributed by atoms with Crippen LogP contribution in [0.5, 0.6) is 0 Å². The molecule has 2 fully saturated rings. The molecule has 0 aliphatic carbocycles. The average molecular weight is 510 g/mol. The molecule has 2 aliphatic heterocycles. The number of halogens is 1. The second-order valence-corrected chi connectivity index (χ2v) is 10.0. The predicted molar refractivity (Wildman–Crippen MR) is 141 cm³/mol. The van der Waals surface area contributed by atoms with Gasteiger partial charge in [-0.15, -0.1) is 11.3 Å². The summed E-state index contributed by atoms with van der Waals surface area (Å²) in [5.74, 6) is -0.645. The smallest absolute Gasteiger partial charge is 0.187 e. The summed E-state index contributed by atoms with van der Waals surface area (Å²) in [5, 5.41) is 2.88. The van der Waals surface area contributed by atoms with E-state index < -0.39 is 5.79 Å². The third-order valence-electron chi connectivity index (χ3n) is 6.69. The third kappa shape index (κ3) is 5.38. The van der Waals surface area contributed by atoms with E-state index in [0.29, 0.717) is 19.9 Å². The molecule has 2 aliphatic rings. The molecule has 0 atom stereocenters. The number of hydrogen-bond donors (Lipinski definition) is 0. The molecular weight excluding hydrogens is 477 g/mol. The molecule has 0 radical (unpaired) electrons. The molecule has 1 spiro atoms. The first-order chi connectivity index (χ1) is 17.4. The number of aromatic nitrogens is 2. The Balaban J connectivity index is 1.37. The average Bonchev–Trinajstić information content (AvgIpc) is 3.56. The predicted octanol–water partition coefficient (Wildman–Crippen LogP) is 5.01. The second kappa shape index (κ2) is 10.5. The normalized spacial score (nSPS) is 17.6. The van der Waals surface area contributed by atoms with Gasteiger partial charge in [0.25, 0.3) is 0 Å². The largest absolute Gasteiger partial charge is 0.370 e. The van der Waals surface area contributed by atoms with E-state index in [2.05, 4.69) is 46.2 Å². The molecule has 7 nitrogen and oxygen atoms in total. The van der Waals surface area contributed by atoms with E-state index in [0.717, 1.165) is 65.6 Å². The van der Waals surface area contributed by atoms with E-state index in [1.54, 1.807) is 23.5 Å². The summed E-state index contributed by atoms with van der Waals surface area (Å²) in [6, 6.07) is 10.6. The molecule has 0 saturated carbocycles. The summed E-state index contributed by atoms with van der Waals surface area (Å²) >= 11 is 1.56. The number of rotatable bonds is 7.